The summed E-state index contributed by atoms with van der Waals surface area (Å²) in [4.78, 5) is 16.1. The van der Waals surface area contributed by atoms with Crippen molar-refractivity contribution in [1.29, 1.82) is 0 Å². The second-order valence-electron chi connectivity index (χ2n) is 5.20. The number of alkyl halides is 3. The maximum absolute atomic E-state index is 12.7. The summed E-state index contributed by atoms with van der Waals surface area (Å²) < 4.78 is 43.6. The molecular formula is C14H18F3NO2S. The van der Waals surface area contributed by atoms with E-state index in [1.807, 2.05) is 0 Å². The zero-order valence-electron chi connectivity index (χ0n) is 11.8. The molecule has 1 fully saturated rings. The van der Waals surface area contributed by atoms with E-state index in [2.05, 4.69) is 4.98 Å². The van der Waals surface area contributed by atoms with Gasteiger partial charge in [0.2, 0.25) is 5.78 Å². The van der Waals surface area contributed by atoms with E-state index in [0.29, 0.717) is 30.8 Å². The summed E-state index contributed by atoms with van der Waals surface area (Å²) in [6.07, 6.45) is 1.43. The normalized spacial score (nSPS) is 19.2. The molecule has 3 nitrogen and oxygen atoms in total. The molecule has 0 N–H and O–H groups in total. The molecule has 0 bridgehead atoms. The number of ketones is 1. The van der Waals surface area contributed by atoms with Crippen LogP contribution in [0.4, 0.5) is 13.2 Å². The van der Waals surface area contributed by atoms with Crippen LogP contribution in [-0.4, -0.2) is 23.0 Å². The summed E-state index contributed by atoms with van der Waals surface area (Å²) in [6.45, 7) is 2.17. The Balaban J connectivity index is 2.27. The third kappa shape index (κ3) is 3.63. The highest BCUT2D eigenvalue weighted by Gasteiger charge is 2.42. The van der Waals surface area contributed by atoms with Crippen molar-refractivity contribution >= 4 is 17.1 Å². The van der Waals surface area contributed by atoms with Gasteiger partial charge < -0.3 is 4.74 Å². The number of halogens is 3. The van der Waals surface area contributed by atoms with Gasteiger partial charge in [-0.15, -0.1) is 11.3 Å². The first-order valence-corrected chi connectivity index (χ1v) is 7.92. The maximum Gasteiger partial charge on any atom is 0.443 e. The summed E-state index contributed by atoms with van der Waals surface area (Å²) >= 11 is 0.407. The summed E-state index contributed by atoms with van der Waals surface area (Å²) in [5.41, 5.74) is -0.972. The van der Waals surface area contributed by atoms with Crippen LogP contribution in [0.5, 0.6) is 0 Å². The second-order valence-corrected chi connectivity index (χ2v) is 6.23. The molecular weight excluding hydrogens is 303 g/mol. The van der Waals surface area contributed by atoms with Gasteiger partial charge in [-0.05, 0) is 19.8 Å². The van der Waals surface area contributed by atoms with Crippen LogP contribution < -0.4 is 0 Å². The van der Waals surface area contributed by atoms with E-state index in [9.17, 15) is 18.0 Å². The fourth-order valence-electron chi connectivity index (χ4n) is 2.75. The van der Waals surface area contributed by atoms with Gasteiger partial charge in [-0.2, -0.15) is 13.2 Å². The number of carbonyl (C=O) groups excluding carboxylic acids is 1. The lowest BCUT2D eigenvalue weighted by Gasteiger charge is -2.30. The van der Waals surface area contributed by atoms with Crippen LogP contribution in [-0.2, 0) is 10.9 Å². The first-order chi connectivity index (χ1) is 9.89. The van der Waals surface area contributed by atoms with E-state index in [4.69, 9.17) is 4.74 Å². The van der Waals surface area contributed by atoms with E-state index < -0.39 is 16.8 Å². The molecule has 118 valence electrons. The van der Waals surface area contributed by atoms with E-state index in [-0.39, 0.29) is 10.7 Å². The lowest BCUT2D eigenvalue weighted by Crippen LogP contribution is -2.41. The minimum atomic E-state index is -4.51. The van der Waals surface area contributed by atoms with E-state index in [1.165, 1.54) is 0 Å². The van der Waals surface area contributed by atoms with Crippen molar-refractivity contribution in [3.05, 3.63) is 16.1 Å². The third-order valence-corrected chi connectivity index (χ3v) is 4.76. The molecule has 0 unspecified atom stereocenters. The van der Waals surface area contributed by atoms with Crippen molar-refractivity contribution in [2.75, 3.05) is 6.61 Å². The standard InChI is InChI=1S/C14H18F3NO2S/c1-2-20-13(7-5-3-4-6-8-13)11(19)10-9-18-12(21-10)14(15,16)17/h9H,2-8H2,1H3. The molecule has 2 rings (SSSR count). The van der Waals surface area contributed by atoms with E-state index >= 15 is 0 Å². The molecule has 0 aliphatic heterocycles. The lowest BCUT2D eigenvalue weighted by atomic mass is 9.88. The zero-order chi connectivity index (χ0) is 15.5. The molecule has 0 aromatic carbocycles. The number of hydrogen-bond donors (Lipinski definition) is 0. The van der Waals surface area contributed by atoms with Gasteiger partial charge >= 0.3 is 6.18 Å². The highest BCUT2D eigenvalue weighted by Crippen LogP contribution is 2.37. The molecule has 1 aliphatic rings. The van der Waals surface area contributed by atoms with Gasteiger partial charge in [0.15, 0.2) is 5.01 Å². The fourth-order valence-corrected chi connectivity index (χ4v) is 3.56. The summed E-state index contributed by atoms with van der Waals surface area (Å²) in [5, 5.41) is -0.980. The van der Waals surface area contributed by atoms with Crippen LogP contribution in [0.1, 0.15) is 60.1 Å². The number of hydrogen-bond acceptors (Lipinski definition) is 4. The largest absolute Gasteiger partial charge is 0.443 e. The average molecular weight is 321 g/mol. The molecule has 0 radical (unpaired) electrons. The van der Waals surface area contributed by atoms with Gasteiger partial charge in [-0.1, -0.05) is 25.7 Å². The smallest absolute Gasteiger partial charge is 0.367 e. The third-order valence-electron chi connectivity index (χ3n) is 3.72. The molecule has 1 aromatic heterocycles. The highest BCUT2D eigenvalue weighted by molar-refractivity contribution is 7.13. The van der Waals surface area contributed by atoms with Crippen LogP contribution in [0.2, 0.25) is 0 Å². The van der Waals surface area contributed by atoms with Gasteiger partial charge in [0.25, 0.3) is 0 Å². The first-order valence-electron chi connectivity index (χ1n) is 7.11. The maximum atomic E-state index is 12.7. The summed E-state index contributed by atoms with van der Waals surface area (Å²) in [5.74, 6) is -0.348. The van der Waals surface area contributed by atoms with Gasteiger partial charge in [0.1, 0.15) is 5.60 Å². The van der Waals surface area contributed by atoms with E-state index in [1.54, 1.807) is 6.92 Å². The minimum absolute atomic E-state index is 0.0395. The topological polar surface area (TPSA) is 39.2 Å². The minimum Gasteiger partial charge on any atom is -0.367 e. The molecule has 21 heavy (non-hydrogen) atoms. The molecule has 0 spiro atoms. The lowest BCUT2D eigenvalue weighted by molar-refractivity contribution is -0.137. The van der Waals surface area contributed by atoms with E-state index in [0.717, 1.165) is 31.9 Å². The SMILES string of the molecule is CCOC1(C(=O)c2cnc(C(F)(F)F)s2)CCCCCC1. The highest BCUT2D eigenvalue weighted by atomic mass is 32.1. The van der Waals surface area contributed by atoms with Crippen LogP contribution in [0.15, 0.2) is 6.20 Å². The number of nitrogens with zero attached hydrogens (tertiary/aromatic N) is 1. The Morgan fingerprint density at radius 1 is 1.33 bits per heavy atom. The Hall–Kier alpha value is -0.950. The van der Waals surface area contributed by atoms with Crippen LogP contribution in [0.25, 0.3) is 0 Å². The average Bonchev–Trinajstić information content (AvgIpc) is 2.80. The number of aromatic nitrogens is 1. The molecule has 1 heterocycles. The fraction of sp³-hybridized carbons (Fsp3) is 0.714. The molecule has 0 atom stereocenters. The molecule has 0 amide bonds. The van der Waals surface area contributed by atoms with Crippen molar-refractivity contribution in [2.24, 2.45) is 0 Å². The van der Waals surface area contributed by atoms with Gasteiger partial charge in [-0.25, -0.2) is 4.98 Å². The summed E-state index contributed by atoms with van der Waals surface area (Å²) in [6, 6.07) is 0. The van der Waals surface area contributed by atoms with Gasteiger partial charge in [0, 0.05) is 12.8 Å². The van der Waals surface area contributed by atoms with Crippen molar-refractivity contribution in [1.82, 2.24) is 4.98 Å². The molecule has 1 saturated carbocycles. The van der Waals surface area contributed by atoms with Crippen LogP contribution in [0.3, 0.4) is 0 Å². The summed E-state index contributed by atoms with van der Waals surface area (Å²) in [7, 11) is 0. The number of ether oxygens (including phenoxy) is 1. The number of rotatable bonds is 4. The Morgan fingerprint density at radius 2 is 1.95 bits per heavy atom. The molecule has 7 heteroatoms. The van der Waals surface area contributed by atoms with Crippen LogP contribution >= 0.6 is 11.3 Å². The van der Waals surface area contributed by atoms with Gasteiger partial charge in [-0.3, -0.25) is 4.79 Å². The van der Waals surface area contributed by atoms with Crippen molar-refractivity contribution < 1.29 is 22.7 Å². The second kappa shape index (κ2) is 6.44. The molecule has 0 saturated heterocycles. The Bertz CT molecular complexity index is 491. The molecule has 1 aliphatic carbocycles. The first kappa shape index (κ1) is 16.4. The van der Waals surface area contributed by atoms with Crippen molar-refractivity contribution in [2.45, 2.75) is 57.2 Å². The molecule has 1 aromatic rings. The Labute approximate surface area is 125 Å². The quantitative estimate of drug-likeness (QED) is 0.606. The Morgan fingerprint density at radius 3 is 2.43 bits per heavy atom. The number of carbonyl (C=O) groups is 1. The predicted octanol–water partition coefficient (Wildman–Crippen LogP) is 4.47. The Kier molecular flexibility index (Phi) is 5.03. The van der Waals surface area contributed by atoms with Crippen LogP contribution in [0, 0.1) is 0 Å². The zero-order valence-corrected chi connectivity index (χ0v) is 12.6. The monoisotopic (exact) mass is 321 g/mol. The van der Waals surface area contributed by atoms with Gasteiger partial charge in [0.05, 0.1) is 4.88 Å². The van der Waals surface area contributed by atoms with Crippen molar-refractivity contribution in [3.63, 3.8) is 0 Å². The predicted molar refractivity (Wildman–Crippen MR) is 73.5 cm³/mol. The number of thiazole rings is 1. The number of Topliss-reactive ketones (excluding diaryl/α,β-unsaturated/α-hetero) is 1. The van der Waals surface area contributed by atoms with Crippen molar-refractivity contribution in [3.8, 4) is 0 Å².